The van der Waals surface area contributed by atoms with E-state index in [1.807, 2.05) is 13.2 Å². The van der Waals surface area contributed by atoms with Crippen molar-refractivity contribution in [2.24, 2.45) is 0 Å². The molecule has 0 aromatic carbocycles. The van der Waals surface area contributed by atoms with E-state index >= 15 is 0 Å². The van der Waals surface area contributed by atoms with Gasteiger partial charge in [0.2, 0.25) is 6.29 Å². The molecule has 0 aliphatic carbocycles. The smallest absolute Gasteiger partial charge is 0.255 e. The molecule has 1 aliphatic rings. The minimum absolute atomic E-state index is 0.127. The van der Waals surface area contributed by atoms with Gasteiger partial charge in [0.05, 0.1) is 6.20 Å². The van der Waals surface area contributed by atoms with Crippen molar-refractivity contribution in [2.75, 3.05) is 6.26 Å². The molecule has 1 aromatic heterocycles. The molecular formula is C7H9NO3S. The molecule has 0 N–H and O–H groups in total. The number of aromatic nitrogens is 1. The Labute approximate surface area is 74.2 Å². The van der Waals surface area contributed by atoms with E-state index in [2.05, 4.69) is 4.98 Å². The molecule has 66 valence electrons. The Balaban J connectivity index is 2.04. The van der Waals surface area contributed by atoms with E-state index in [1.165, 1.54) is 11.8 Å². The Bertz CT molecular complexity index is 269. The zero-order valence-corrected chi connectivity index (χ0v) is 7.63. The summed E-state index contributed by atoms with van der Waals surface area (Å²) in [6.07, 6.45) is 3.05. The molecule has 1 aliphatic heterocycles. The molecule has 0 radical (unpaired) electrons. The lowest BCUT2D eigenvalue weighted by Crippen LogP contribution is -2.31. The Morgan fingerprint density at radius 1 is 1.50 bits per heavy atom. The van der Waals surface area contributed by atoms with Crippen LogP contribution in [0, 0.1) is 0 Å². The molecule has 0 atom stereocenters. The number of hydrogen-bond donors (Lipinski definition) is 0. The molecule has 1 saturated heterocycles. The van der Waals surface area contributed by atoms with E-state index in [4.69, 9.17) is 13.9 Å². The number of thioether (sulfide) groups is 1. The third-order valence-electron chi connectivity index (χ3n) is 1.54. The van der Waals surface area contributed by atoms with Gasteiger partial charge in [0, 0.05) is 0 Å². The SMILES string of the molecule is CSc1ncc(C2OC(C)O2)o1. The monoisotopic (exact) mass is 187 g/mol. The first-order chi connectivity index (χ1) is 5.79. The van der Waals surface area contributed by atoms with E-state index in [9.17, 15) is 0 Å². The van der Waals surface area contributed by atoms with Crippen LogP contribution < -0.4 is 0 Å². The molecular weight excluding hydrogens is 178 g/mol. The molecule has 1 aromatic rings. The lowest BCUT2D eigenvalue weighted by Gasteiger charge is -2.31. The van der Waals surface area contributed by atoms with Gasteiger partial charge in [0.15, 0.2) is 12.1 Å². The third kappa shape index (κ3) is 1.35. The van der Waals surface area contributed by atoms with Crippen LogP contribution in [-0.2, 0) is 9.47 Å². The standard InChI is InChI=1S/C7H9NO3S/c1-4-9-6(10-4)5-3-8-7(11-5)12-2/h3-4,6H,1-2H3. The Morgan fingerprint density at radius 2 is 2.25 bits per heavy atom. The lowest BCUT2D eigenvalue weighted by molar-refractivity contribution is -0.388. The highest BCUT2D eigenvalue weighted by Gasteiger charge is 2.31. The van der Waals surface area contributed by atoms with Gasteiger partial charge in [-0.3, -0.25) is 0 Å². The van der Waals surface area contributed by atoms with Crippen molar-refractivity contribution >= 4 is 11.8 Å². The maximum absolute atomic E-state index is 5.29. The van der Waals surface area contributed by atoms with E-state index in [0.717, 1.165) is 0 Å². The number of ether oxygens (including phenoxy) is 2. The second-order valence-electron chi connectivity index (χ2n) is 2.40. The average Bonchev–Trinajstić information content (AvgIpc) is 2.46. The number of oxazole rings is 1. The summed E-state index contributed by atoms with van der Waals surface area (Å²) in [5.41, 5.74) is 0. The predicted molar refractivity (Wildman–Crippen MR) is 42.7 cm³/mol. The first-order valence-electron chi connectivity index (χ1n) is 3.60. The fraction of sp³-hybridized carbons (Fsp3) is 0.571. The summed E-state index contributed by atoms with van der Waals surface area (Å²) >= 11 is 1.45. The van der Waals surface area contributed by atoms with E-state index in [-0.39, 0.29) is 12.6 Å². The highest BCUT2D eigenvalue weighted by Crippen LogP contribution is 2.32. The van der Waals surface area contributed by atoms with Crippen LogP contribution in [-0.4, -0.2) is 17.5 Å². The minimum Gasteiger partial charge on any atom is -0.431 e. The molecule has 0 bridgehead atoms. The highest BCUT2D eigenvalue weighted by atomic mass is 32.2. The fourth-order valence-corrected chi connectivity index (χ4v) is 1.30. The van der Waals surface area contributed by atoms with E-state index in [1.54, 1.807) is 6.20 Å². The summed E-state index contributed by atoms with van der Waals surface area (Å²) in [5.74, 6) is 0.637. The van der Waals surface area contributed by atoms with Gasteiger partial charge in [-0.05, 0) is 13.2 Å². The first-order valence-corrected chi connectivity index (χ1v) is 4.82. The molecule has 12 heavy (non-hydrogen) atoms. The summed E-state index contributed by atoms with van der Waals surface area (Å²) in [6.45, 7) is 1.84. The molecule has 2 rings (SSSR count). The van der Waals surface area contributed by atoms with Crippen molar-refractivity contribution in [2.45, 2.75) is 24.7 Å². The molecule has 0 saturated carbocycles. The second kappa shape index (κ2) is 3.08. The Hall–Kier alpha value is -0.520. The van der Waals surface area contributed by atoms with E-state index in [0.29, 0.717) is 11.0 Å². The van der Waals surface area contributed by atoms with Crippen LogP contribution in [0.4, 0.5) is 0 Å². The normalized spacial score (nSPS) is 28.5. The van der Waals surface area contributed by atoms with Crippen molar-refractivity contribution in [3.05, 3.63) is 12.0 Å². The topological polar surface area (TPSA) is 44.5 Å². The summed E-state index contributed by atoms with van der Waals surface area (Å²) in [6, 6.07) is 0. The van der Waals surface area contributed by atoms with Crippen molar-refractivity contribution in [1.82, 2.24) is 4.98 Å². The van der Waals surface area contributed by atoms with Gasteiger partial charge in [0.1, 0.15) is 0 Å². The minimum atomic E-state index is -0.353. The van der Waals surface area contributed by atoms with Crippen molar-refractivity contribution in [3.63, 3.8) is 0 Å². The van der Waals surface area contributed by atoms with Gasteiger partial charge in [-0.2, -0.15) is 0 Å². The lowest BCUT2D eigenvalue weighted by atomic mass is 10.4. The Morgan fingerprint density at radius 3 is 2.75 bits per heavy atom. The highest BCUT2D eigenvalue weighted by molar-refractivity contribution is 7.98. The van der Waals surface area contributed by atoms with Crippen LogP contribution in [0.5, 0.6) is 0 Å². The first kappa shape index (κ1) is 8.10. The molecule has 0 spiro atoms. The zero-order chi connectivity index (χ0) is 8.55. The number of nitrogens with zero attached hydrogens (tertiary/aromatic N) is 1. The van der Waals surface area contributed by atoms with Gasteiger partial charge >= 0.3 is 0 Å². The summed E-state index contributed by atoms with van der Waals surface area (Å²) in [7, 11) is 0. The van der Waals surface area contributed by atoms with E-state index < -0.39 is 0 Å². The molecule has 4 nitrogen and oxygen atoms in total. The van der Waals surface area contributed by atoms with Crippen LogP contribution in [0.15, 0.2) is 15.8 Å². The van der Waals surface area contributed by atoms with Crippen molar-refractivity contribution < 1.29 is 13.9 Å². The molecule has 0 unspecified atom stereocenters. The molecule has 5 heteroatoms. The van der Waals surface area contributed by atoms with Crippen LogP contribution >= 0.6 is 11.8 Å². The average molecular weight is 187 g/mol. The van der Waals surface area contributed by atoms with Crippen LogP contribution in [0.1, 0.15) is 19.0 Å². The number of rotatable bonds is 2. The summed E-state index contributed by atoms with van der Waals surface area (Å²) in [5, 5.41) is 0.636. The predicted octanol–water partition coefficient (Wildman–Crippen LogP) is 1.79. The van der Waals surface area contributed by atoms with Gasteiger partial charge in [-0.25, -0.2) is 4.98 Å². The summed E-state index contributed by atoms with van der Waals surface area (Å²) < 4.78 is 15.7. The van der Waals surface area contributed by atoms with Crippen LogP contribution in [0.25, 0.3) is 0 Å². The van der Waals surface area contributed by atoms with Gasteiger partial charge < -0.3 is 13.9 Å². The second-order valence-corrected chi connectivity index (χ2v) is 3.16. The van der Waals surface area contributed by atoms with Crippen LogP contribution in [0.2, 0.25) is 0 Å². The van der Waals surface area contributed by atoms with Gasteiger partial charge in [-0.1, -0.05) is 11.8 Å². The maximum Gasteiger partial charge on any atom is 0.255 e. The van der Waals surface area contributed by atoms with Gasteiger partial charge in [-0.15, -0.1) is 0 Å². The number of hydrogen-bond acceptors (Lipinski definition) is 5. The third-order valence-corrected chi connectivity index (χ3v) is 2.08. The van der Waals surface area contributed by atoms with Gasteiger partial charge in [0.25, 0.3) is 5.22 Å². The molecule has 0 amide bonds. The van der Waals surface area contributed by atoms with Crippen LogP contribution in [0.3, 0.4) is 0 Å². The molecule has 1 fully saturated rings. The van der Waals surface area contributed by atoms with Crippen molar-refractivity contribution in [3.8, 4) is 0 Å². The van der Waals surface area contributed by atoms with Crippen molar-refractivity contribution in [1.29, 1.82) is 0 Å². The largest absolute Gasteiger partial charge is 0.431 e. The summed E-state index contributed by atoms with van der Waals surface area (Å²) in [4.78, 5) is 4.00. The maximum atomic E-state index is 5.29. The zero-order valence-electron chi connectivity index (χ0n) is 6.81. The quantitative estimate of drug-likeness (QED) is 0.660. The fourth-order valence-electron chi connectivity index (χ4n) is 0.966. The molecule has 2 heterocycles. The Kier molecular flexibility index (Phi) is 2.08.